The third kappa shape index (κ3) is 5.11. The van der Waals surface area contributed by atoms with Crippen molar-refractivity contribution in [1.82, 2.24) is 5.32 Å². The van der Waals surface area contributed by atoms with Crippen molar-refractivity contribution in [3.63, 3.8) is 0 Å². The fourth-order valence-electron chi connectivity index (χ4n) is 4.17. The standard InChI is InChI=1S/C18H22N2O2S2.C2HF3O2/c1-20-8-6-13(7-9-20)14(12-20)19-17(21)18(22,15-4-2-10-23-15)16-5-3-11-24-16;3-2(4,5)1(6)7/h2-5,10-11,13-14,22H,6-9,12H2,1H3;(H,6,7)/t13?,14-,20?;/m0./s1. The zero-order valence-electron chi connectivity index (χ0n) is 16.7. The Kier molecular flexibility index (Phi) is 6.80. The number of carbonyl (C=O) groups excluding carboxylic acids is 2. The number of carboxylic acids is 1. The molecule has 11 heteroatoms. The van der Waals surface area contributed by atoms with E-state index in [4.69, 9.17) is 9.90 Å². The van der Waals surface area contributed by atoms with Crippen LogP contribution in [0.1, 0.15) is 22.6 Å². The Morgan fingerprint density at radius 1 is 1.13 bits per heavy atom. The van der Waals surface area contributed by atoms with Gasteiger partial charge in [-0.25, -0.2) is 0 Å². The average molecular weight is 477 g/mol. The number of aliphatic carboxylic acids is 1. The molecule has 170 valence electrons. The van der Waals surface area contributed by atoms with E-state index in [2.05, 4.69) is 12.4 Å². The summed E-state index contributed by atoms with van der Waals surface area (Å²) in [6.45, 7) is 3.38. The first-order chi connectivity index (χ1) is 14.5. The number of likely N-dealkylation sites (N-methyl/N-ethyl adjacent to an activating group) is 1. The largest absolute Gasteiger partial charge is 0.542 e. The van der Waals surface area contributed by atoms with Crippen LogP contribution in [0, 0.1) is 5.92 Å². The van der Waals surface area contributed by atoms with Crippen molar-refractivity contribution in [2.24, 2.45) is 5.92 Å². The fraction of sp³-hybridized carbons (Fsp3) is 0.500. The van der Waals surface area contributed by atoms with Gasteiger partial charge in [-0.15, -0.1) is 22.7 Å². The number of alkyl halides is 3. The first-order valence-electron chi connectivity index (χ1n) is 9.69. The van der Waals surface area contributed by atoms with E-state index < -0.39 is 17.7 Å². The molecule has 2 aromatic rings. The van der Waals surface area contributed by atoms with E-state index in [-0.39, 0.29) is 11.9 Å². The number of piperidine rings is 3. The van der Waals surface area contributed by atoms with Crippen LogP contribution in [0.4, 0.5) is 13.2 Å². The molecular weight excluding hydrogens is 453 g/mol. The third-order valence-corrected chi connectivity index (χ3v) is 7.88. The monoisotopic (exact) mass is 476 g/mol. The van der Waals surface area contributed by atoms with Crippen LogP contribution in [-0.4, -0.2) is 60.4 Å². The van der Waals surface area contributed by atoms with Crippen LogP contribution in [0.5, 0.6) is 0 Å². The highest BCUT2D eigenvalue weighted by Crippen LogP contribution is 2.37. The molecule has 6 nitrogen and oxygen atoms in total. The van der Waals surface area contributed by atoms with Crippen molar-refractivity contribution in [3.8, 4) is 0 Å². The molecule has 1 atom stereocenters. The van der Waals surface area contributed by atoms with Gasteiger partial charge in [-0.1, -0.05) is 12.1 Å². The van der Waals surface area contributed by atoms with Gasteiger partial charge in [0.2, 0.25) is 5.60 Å². The molecule has 0 unspecified atom stereocenters. The molecule has 1 amide bonds. The van der Waals surface area contributed by atoms with Gasteiger partial charge in [-0.3, -0.25) is 4.79 Å². The highest BCUT2D eigenvalue weighted by Gasteiger charge is 2.48. The molecule has 2 N–H and O–H groups in total. The van der Waals surface area contributed by atoms with Crippen molar-refractivity contribution >= 4 is 34.6 Å². The van der Waals surface area contributed by atoms with E-state index in [9.17, 15) is 23.1 Å². The highest BCUT2D eigenvalue weighted by molar-refractivity contribution is 7.12. The first-order valence-corrected chi connectivity index (χ1v) is 11.4. The maximum Gasteiger partial charge on any atom is 0.430 e. The van der Waals surface area contributed by atoms with E-state index in [0.717, 1.165) is 23.9 Å². The van der Waals surface area contributed by atoms with Crippen LogP contribution in [0.3, 0.4) is 0 Å². The number of thiophene rings is 2. The number of nitrogens with one attached hydrogen (secondary N) is 1. The summed E-state index contributed by atoms with van der Waals surface area (Å²) in [6, 6.07) is 7.61. The van der Waals surface area contributed by atoms with E-state index in [0.29, 0.717) is 15.7 Å². The molecule has 0 aliphatic carbocycles. The summed E-state index contributed by atoms with van der Waals surface area (Å²) in [7, 11) is 2.28. The number of carbonyl (C=O) groups is 2. The Hall–Kier alpha value is -1.95. The van der Waals surface area contributed by atoms with E-state index >= 15 is 0 Å². The highest BCUT2D eigenvalue weighted by atomic mass is 32.1. The maximum absolute atomic E-state index is 13.2. The zero-order chi connectivity index (χ0) is 22.9. The third-order valence-electron chi connectivity index (χ3n) is 5.92. The molecule has 0 spiro atoms. The topological polar surface area (TPSA) is 89.5 Å². The van der Waals surface area contributed by atoms with Crippen LogP contribution in [0.25, 0.3) is 0 Å². The summed E-state index contributed by atoms with van der Waals surface area (Å²) < 4.78 is 32.6. The Morgan fingerprint density at radius 2 is 1.61 bits per heavy atom. The second kappa shape index (κ2) is 8.89. The quantitative estimate of drug-likeness (QED) is 0.658. The smallest absolute Gasteiger partial charge is 0.430 e. The lowest BCUT2D eigenvalue weighted by Gasteiger charge is -2.50. The molecule has 3 aliphatic rings. The summed E-state index contributed by atoms with van der Waals surface area (Å²) in [6.07, 6.45) is -2.87. The van der Waals surface area contributed by atoms with Crippen molar-refractivity contribution in [2.75, 3.05) is 26.7 Å². The minimum absolute atomic E-state index is 0.163. The molecule has 0 aromatic carbocycles. The molecule has 5 rings (SSSR count). The Bertz CT molecular complexity index is 858. The van der Waals surface area contributed by atoms with E-state index in [1.54, 1.807) is 0 Å². The van der Waals surface area contributed by atoms with Gasteiger partial charge in [0.05, 0.1) is 42.5 Å². The summed E-state index contributed by atoms with van der Waals surface area (Å²) in [5, 5.41) is 27.2. The lowest BCUT2D eigenvalue weighted by atomic mass is 9.81. The molecule has 3 aliphatic heterocycles. The van der Waals surface area contributed by atoms with Crippen LogP contribution >= 0.6 is 22.7 Å². The molecule has 2 bridgehead atoms. The van der Waals surface area contributed by atoms with Crippen molar-refractivity contribution in [1.29, 1.82) is 0 Å². The van der Waals surface area contributed by atoms with Gasteiger partial charge in [0.25, 0.3) is 5.91 Å². The number of rotatable bonds is 4. The second-order valence-electron chi connectivity index (χ2n) is 8.12. The molecular formula is C20H23F3N2O4S2. The number of halogens is 3. The number of nitrogens with zero attached hydrogens (tertiary/aromatic N) is 1. The zero-order valence-corrected chi connectivity index (χ0v) is 18.4. The van der Waals surface area contributed by atoms with Gasteiger partial charge in [0.15, 0.2) is 0 Å². The van der Waals surface area contributed by atoms with E-state index in [1.165, 1.54) is 35.8 Å². The molecule has 0 radical (unpaired) electrons. The first kappa shape index (κ1) is 23.7. The molecule has 0 saturated carbocycles. The van der Waals surface area contributed by atoms with Gasteiger partial charge in [-0.2, -0.15) is 13.2 Å². The van der Waals surface area contributed by atoms with Crippen LogP contribution < -0.4 is 10.4 Å². The maximum atomic E-state index is 13.2. The molecule has 2 aromatic heterocycles. The lowest BCUT2D eigenvalue weighted by molar-refractivity contribution is -0.925. The van der Waals surface area contributed by atoms with Gasteiger partial charge in [0, 0.05) is 12.8 Å². The normalized spacial score (nSPS) is 25.5. The summed E-state index contributed by atoms with van der Waals surface area (Å²) in [5.74, 6) is -2.74. The number of hydrogen-bond donors (Lipinski definition) is 2. The predicted octanol–water partition coefficient (Wildman–Crippen LogP) is 1.70. The van der Waals surface area contributed by atoms with Gasteiger partial charge < -0.3 is 24.8 Å². The van der Waals surface area contributed by atoms with Crippen molar-refractivity contribution in [3.05, 3.63) is 44.8 Å². The summed E-state index contributed by atoms with van der Waals surface area (Å²) in [4.78, 5) is 23.3. The second-order valence-corrected chi connectivity index (χ2v) is 10.0. The average Bonchev–Trinajstić information content (AvgIpc) is 3.41. The van der Waals surface area contributed by atoms with Gasteiger partial charge in [-0.05, 0) is 28.8 Å². The van der Waals surface area contributed by atoms with Crippen LogP contribution in [0.15, 0.2) is 35.0 Å². The molecule has 3 fully saturated rings. The summed E-state index contributed by atoms with van der Waals surface area (Å²) in [5.41, 5.74) is -1.58. The van der Waals surface area contributed by atoms with Crippen molar-refractivity contribution < 1.29 is 37.5 Å². The lowest BCUT2D eigenvalue weighted by Crippen LogP contribution is -2.66. The number of aliphatic hydroxyl groups is 1. The number of fused-ring (bicyclic) bond motifs is 3. The Labute approximate surface area is 185 Å². The van der Waals surface area contributed by atoms with Gasteiger partial charge >= 0.3 is 6.18 Å². The van der Waals surface area contributed by atoms with Crippen LogP contribution in [0.2, 0.25) is 0 Å². The minimum Gasteiger partial charge on any atom is -0.542 e. The number of quaternary nitrogens is 1. The molecule has 31 heavy (non-hydrogen) atoms. The Balaban J connectivity index is 0.000000339. The van der Waals surface area contributed by atoms with E-state index in [1.807, 2.05) is 35.0 Å². The minimum atomic E-state index is -5.19. The predicted molar refractivity (Wildman–Crippen MR) is 108 cm³/mol. The summed E-state index contributed by atoms with van der Waals surface area (Å²) >= 11 is 2.85. The number of amides is 1. The molecule has 3 saturated heterocycles. The molecule has 5 heterocycles. The van der Waals surface area contributed by atoms with Crippen LogP contribution in [-0.2, 0) is 15.2 Å². The number of carboxylic acid groups (broad SMARTS) is 1. The fourth-order valence-corrected chi connectivity index (χ4v) is 5.90. The van der Waals surface area contributed by atoms with Crippen molar-refractivity contribution in [2.45, 2.75) is 30.7 Å². The number of hydrogen-bond acceptors (Lipinski definition) is 6. The van der Waals surface area contributed by atoms with Gasteiger partial charge in [0.1, 0.15) is 5.97 Å². The Morgan fingerprint density at radius 3 is 1.97 bits per heavy atom. The SMILES string of the molecule is C[N+]12CCC(CC1)[C@@H](NC(=O)C(O)(c1cccs1)c1cccs1)C2.O=C([O-])C(F)(F)F.